The van der Waals surface area contributed by atoms with Crippen LogP contribution in [0.15, 0.2) is 11.1 Å². The highest BCUT2D eigenvalue weighted by atomic mass is 16.5. The lowest BCUT2D eigenvalue weighted by Gasteiger charge is -2.39. The number of nitrogens with two attached hydrogens (primary N) is 1. The molecule has 0 saturated heterocycles. The zero-order chi connectivity index (χ0) is 16.9. The fraction of sp³-hybridized carbons (Fsp3) is 0.750. The van der Waals surface area contributed by atoms with Crippen LogP contribution < -0.4 is 11.1 Å². The first-order chi connectivity index (χ1) is 10.3. The van der Waals surface area contributed by atoms with Gasteiger partial charge in [-0.1, -0.05) is 20.8 Å². The Morgan fingerprint density at radius 3 is 2.36 bits per heavy atom. The predicted octanol–water partition coefficient (Wildman–Crippen LogP) is 1.59. The number of nitrogens with one attached hydrogen (secondary N) is 1. The summed E-state index contributed by atoms with van der Waals surface area (Å²) >= 11 is 0. The van der Waals surface area contributed by atoms with Crippen LogP contribution in [0, 0.1) is 0 Å². The molecule has 1 aliphatic rings. The van der Waals surface area contributed by atoms with Gasteiger partial charge in [0, 0.05) is 18.9 Å². The average molecular weight is 312 g/mol. The van der Waals surface area contributed by atoms with Gasteiger partial charge in [-0.05, 0) is 24.8 Å². The van der Waals surface area contributed by atoms with E-state index in [9.17, 15) is 14.7 Å². The summed E-state index contributed by atoms with van der Waals surface area (Å²) in [5, 5.41) is 12.2. The van der Waals surface area contributed by atoms with E-state index in [1.807, 2.05) is 20.8 Å². The summed E-state index contributed by atoms with van der Waals surface area (Å²) in [5.41, 5.74) is 7.35. The molecule has 3 atom stereocenters. The van der Waals surface area contributed by atoms with Crippen LogP contribution >= 0.6 is 0 Å². The van der Waals surface area contributed by atoms with Gasteiger partial charge in [-0.25, -0.2) is 4.79 Å². The molecule has 1 rings (SSSR count). The monoisotopic (exact) mass is 312 g/mol. The maximum Gasteiger partial charge on any atom is 0.331 e. The Hall–Kier alpha value is -1.40. The second-order valence-corrected chi connectivity index (χ2v) is 5.75. The topological polar surface area (TPSA) is 102 Å². The highest BCUT2D eigenvalue weighted by Crippen LogP contribution is 2.31. The standard InChI is InChI=1S/C16H28N2O4/c1-5-10(6-2)22-15-11(7-3)12(16(20)21)8-13(14(15)17)18-9(4)19/h10,13-15H,5-8,17H2,1-4H3,(H,18,19)(H,20,21)/t13-,14+,15+/m0/s1. The summed E-state index contributed by atoms with van der Waals surface area (Å²) < 4.78 is 6.10. The van der Waals surface area contributed by atoms with Crippen LogP contribution in [0.4, 0.5) is 0 Å². The lowest BCUT2D eigenvalue weighted by atomic mass is 9.81. The molecule has 0 radical (unpaired) electrons. The normalized spacial score (nSPS) is 25.5. The van der Waals surface area contributed by atoms with Gasteiger partial charge in [0.2, 0.25) is 5.91 Å². The van der Waals surface area contributed by atoms with Crippen molar-refractivity contribution in [2.75, 3.05) is 0 Å². The summed E-state index contributed by atoms with van der Waals surface area (Å²) in [7, 11) is 0. The number of carboxylic acid groups (broad SMARTS) is 1. The van der Waals surface area contributed by atoms with Crippen molar-refractivity contribution < 1.29 is 19.4 Å². The van der Waals surface area contributed by atoms with Crippen molar-refractivity contribution in [3.05, 3.63) is 11.1 Å². The number of aliphatic carboxylic acids is 1. The predicted molar refractivity (Wildman–Crippen MR) is 84.4 cm³/mol. The minimum atomic E-state index is -0.961. The first kappa shape index (κ1) is 18.6. The van der Waals surface area contributed by atoms with Gasteiger partial charge in [-0.15, -0.1) is 0 Å². The fourth-order valence-electron chi connectivity index (χ4n) is 3.01. The van der Waals surface area contributed by atoms with Gasteiger partial charge in [0.05, 0.1) is 24.3 Å². The van der Waals surface area contributed by atoms with Crippen molar-refractivity contribution in [2.24, 2.45) is 5.73 Å². The van der Waals surface area contributed by atoms with E-state index in [0.29, 0.717) is 12.0 Å². The average Bonchev–Trinajstić information content (AvgIpc) is 2.46. The summed E-state index contributed by atoms with van der Waals surface area (Å²) in [5.74, 6) is -1.18. The van der Waals surface area contributed by atoms with Gasteiger partial charge >= 0.3 is 5.97 Å². The van der Waals surface area contributed by atoms with Gasteiger partial charge in [0.15, 0.2) is 0 Å². The molecule has 0 fully saturated rings. The van der Waals surface area contributed by atoms with Gasteiger partial charge in [0.1, 0.15) is 0 Å². The molecular formula is C16H28N2O4. The molecule has 1 amide bonds. The molecule has 126 valence electrons. The molecule has 0 aromatic carbocycles. The minimum Gasteiger partial charge on any atom is -0.478 e. The number of rotatable bonds is 7. The second kappa shape index (κ2) is 8.29. The summed E-state index contributed by atoms with van der Waals surface area (Å²) in [6.45, 7) is 7.37. The van der Waals surface area contributed by atoms with Gasteiger partial charge in [-0.2, -0.15) is 0 Å². The van der Waals surface area contributed by atoms with Crippen molar-refractivity contribution in [2.45, 2.75) is 77.7 Å². The summed E-state index contributed by atoms with van der Waals surface area (Å²) in [6.07, 6.45) is 2.05. The molecule has 0 saturated carbocycles. The van der Waals surface area contributed by atoms with Crippen LogP contribution in [0.5, 0.6) is 0 Å². The van der Waals surface area contributed by atoms with E-state index >= 15 is 0 Å². The largest absolute Gasteiger partial charge is 0.478 e. The minimum absolute atomic E-state index is 0.0312. The maximum atomic E-state index is 11.6. The highest BCUT2D eigenvalue weighted by molar-refractivity contribution is 5.88. The number of amides is 1. The Balaban J connectivity index is 3.16. The zero-order valence-corrected chi connectivity index (χ0v) is 13.9. The van der Waals surface area contributed by atoms with Crippen LogP contribution in [-0.2, 0) is 14.3 Å². The molecule has 6 nitrogen and oxygen atoms in total. The Kier molecular flexibility index (Phi) is 7.03. The lowest BCUT2D eigenvalue weighted by molar-refractivity contribution is -0.134. The first-order valence-electron chi connectivity index (χ1n) is 7.98. The molecule has 0 aromatic rings. The van der Waals surface area contributed by atoms with Crippen LogP contribution in [0.2, 0.25) is 0 Å². The lowest BCUT2D eigenvalue weighted by Crippen LogP contribution is -2.57. The number of ether oxygens (including phenoxy) is 1. The highest BCUT2D eigenvalue weighted by Gasteiger charge is 2.39. The van der Waals surface area contributed by atoms with E-state index < -0.39 is 24.2 Å². The van der Waals surface area contributed by atoms with E-state index in [2.05, 4.69) is 5.32 Å². The molecule has 0 aromatic heterocycles. The zero-order valence-electron chi connectivity index (χ0n) is 13.9. The Morgan fingerprint density at radius 2 is 1.95 bits per heavy atom. The van der Waals surface area contributed by atoms with E-state index in [1.54, 1.807) is 0 Å². The van der Waals surface area contributed by atoms with Gasteiger partial charge < -0.3 is 20.9 Å². The van der Waals surface area contributed by atoms with Crippen molar-refractivity contribution in [1.82, 2.24) is 5.32 Å². The molecular weight excluding hydrogens is 284 g/mol. The molecule has 1 aliphatic carbocycles. The number of carbonyl (C=O) groups excluding carboxylic acids is 1. The Labute approximate surface area is 132 Å². The number of carbonyl (C=O) groups is 2. The Bertz CT molecular complexity index is 443. The van der Waals surface area contributed by atoms with E-state index in [-0.39, 0.29) is 18.4 Å². The maximum absolute atomic E-state index is 11.6. The SMILES string of the molecule is CCC1=C(C(=O)O)C[C@H](NC(C)=O)[C@@H](N)[C@@H]1OC(CC)CC. The van der Waals surface area contributed by atoms with Crippen LogP contribution in [-0.4, -0.2) is 41.3 Å². The van der Waals surface area contributed by atoms with Gasteiger partial charge in [0.25, 0.3) is 0 Å². The molecule has 6 heteroatoms. The smallest absolute Gasteiger partial charge is 0.331 e. The fourth-order valence-corrected chi connectivity index (χ4v) is 3.01. The quantitative estimate of drug-likeness (QED) is 0.662. The second-order valence-electron chi connectivity index (χ2n) is 5.75. The third-order valence-electron chi connectivity index (χ3n) is 4.25. The van der Waals surface area contributed by atoms with Crippen LogP contribution in [0.1, 0.15) is 53.4 Å². The molecule has 4 N–H and O–H groups in total. The molecule has 22 heavy (non-hydrogen) atoms. The summed E-state index contributed by atoms with van der Waals surface area (Å²) in [6, 6.07) is -0.860. The number of hydrogen-bond donors (Lipinski definition) is 3. The molecule has 0 heterocycles. The summed E-state index contributed by atoms with van der Waals surface area (Å²) in [4.78, 5) is 22.9. The van der Waals surface area contributed by atoms with Crippen molar-refractivity contribution in [1.29, 1.82) is 0 Å². The van der Waals surface area contributed by atoms with E-state index in [4.69, 9.17) is 10.5 Å². The molecule has 0 bridgehead atoms. The van der Waals surface area contributed by atoms with Crippen LogP contribution in [0.25, 0.3) is 0 Å². The van der Waals surface area contributed by atoms with E-state index in [1.165, 1.54) is 6.92 Å². The number of hydrogen-bond acceptors (Lipinski definition) is 4. The Morgan fingerprint density at radius 1 is 1.36 bits per heavy atom. The van der Waals surface area contributed by atoms with Crippen LogP contribution in [0.3, 0.4) is 0 Å². The third kappa shape index (κ3) is 4.30. The third-order valence-corrected chi connectivity index (χ3v) is 4.25. The van der Waals surface area contributed by atoms with Crippen molar-refractivity contribution >= 4 is 11.9 Å². The van der Waals surface area contributed by atoms with Crippen molar-refractivity contribution in [3.8, 4) is 0 Å². The van der Waals surface area contributed by atoms with Gasteiger partial charge in [-0.3, -0.25) is 4.79 Å². The first-order valence-corrected chi connectivity index (χ1v) is 7.98. The van der Waals surface area contributed by atoms with E-state index in [0.717, 1.165) is 18.4 Å². The molecule has 0 spiro atoms. The van der Waals surface area contributed by atoms with Crippen molar-refractivity contribution in [3.63, 3.8) is 0 Å². The molecule has 0 unspecified atom stereocenters. The number of carboxylic acids is 1. The molecule has 0 aliphatic heterocycles.